The van der Waals surface area contributed by atoms with Crippen LogP contribution in [0.15, 0.2) is 0 Å². The highest BCUT2D eigenvalue weighted by atomic mass is 16.5. The van der Waals surface area contributed by atoms with Gasteiger partial charge in [0.25, 0.3) is 0 Å². The fourth-order valence-electron chi connectivity index (χ4n) is 1.28. The number of ether oxygens (including phenoxy) is 1. The van der Waals surface area contributed by atoms with E-state index in [0.29, 0.717) is 6.10 Å². The molecule has 2 atom stereocenters. The van der Waals surface area contributed by atoms with Gasteiger partial charge in [-0.25, -0.2) is 0 Å². The molecule has 1 aliphatic heterocycles. The Morgan fingerprint density at radius 2 is 2.00 bits per heavy atom. The SMILES string of the molecule is CC.COC1CNCCC1C. The van der Waals surface area contributed by atoms with Crippen LogP contribution in [0, 0.1) is 5.92 Å². The van der Waals surface area contributed by atoms with Gasteiger partial charge >= 0.3 is 0 Å². The molecule has 1 aliphatic rings. The van der Waals surface area contributed by atoms with Gasteiger partial charge in [-0.05, 0) is 18.9 Å². The summed E-state index contributed by atoms with van der Waals surface area (Å²) in [5.74, 6) is 0.733. The lowest BCUT2D eigenvalue weighted by atomic mass is 9.97. The van der Waals surface area contributed by atoms with Crippen molar-refractivity contribution in [3.63, 3.8) is 0 Å². The first kappa shape index (κ1) is 10.9. The molecule has 0 aromatic rings. The summed E-state index contributed by atoms with van der Waals surface area (Å²) < 4.78 is 5.24. The first-order valence-corrected chi connectivity index (χ1v) is 4.58. The van der Waals surface area contributed by atoms with Gasteiger partial charge in [0.15, 0.2) is 0 Å². The van der Waals surface area contributed by atoms with Crippen molar-refractivity contribution in [3.05, 3.63) is 0 Å². The maximum atomic E-state index is 5.24. The molecule has 0 spiro atoms. The number of nitrogens with one attached hydrogen (secondary N) is 1. The van der Waals surface area contributed by atoms with E-state index in [1.807, 2.05) is 13.8 Å². The first-order chi connectivity index (χ1) is 5.34. The van der Waals surface area contributed by atoms with Gasteiger partial charge in [-0.3, -0.25) is 0 Å². The summed E-state index contributed by atoms with van der Waals surface area (Å²) in [6.45, 7) is 8.42. The van der Waals surface area contributed by atoms with Gasteiger partial charge in [-0.1, -0.05) is 20.8 Å². The Morgan fingerprint density at radius 1 is 1.36 bits per heavy atom. The summed E-state index contributed by atoms with van der Waals surface area (Å²) in [6, 6.07) is 0. The van der Waals surface area contributed by atoms with Gasteiger partial charge in [-0.15, -0.1) is 0 Å². The third-order valence-corrected chi connectivity index (χ3v) is 2.06. The highest BCUT2D eigenvalue weighted by Gasteiger charge is 2.19. The van der Waals surface area contributed by atoms with Crippen molar-refractivity contribution in [3.8, 4) is 0 Å². The average molecular weight is 159 g/mol. The Bertz CT molecular complexity index is 85.6. The second-order valence-corrected chi connectivity index (χ2v) is 2.74. The zero-order chi connectivity index (χ0) is 8.69. The van der Waals surface area contributed by atoms with E-state index in [9.17, 15) is 0 Å². The van der Waals surface area contributed by atoms with Gasteiger partial charge in [-0.2, -0.15) is 0 Å². The number of hydrogen-bond acceptors (Lipinski definition) is 2. The van der Waals surface area contributed by atoms with Crippen LogP contribution in [0.25, 0.3) is 0 Å². The predicted octanol–water partition coefficient (Wildman–Crippen LogP) is 1.66. The van der Waals surface area contributed by atoms with Crippen molar-refractivity contribution in [2.75, 3.05) is 20.2 Å². The molecular weight excluding hydrogens is 138 g/mol. The van der Waals surface area contributed by atoms with E-state index in [1.54, 1.807) is 7.11 Å². The van der Waals surface area contributed by atoms with Crippen LogP contribution in [0.4, 0.5) is 0 Å². The van der Waals surface area contributed by atoms with E-state index >= 15 is 0 Å². The van der Waals surface area contributed by atoms with Crippen LogP contribution in [0.5, 0.6) is 0 Å². The van der Waals surface area contributed by atoms with Gasteiger partial charge in [0.1, 0.15) is 0 Å². The molecule has 0 aromatic carbocycles. The van der Waals surface area contributed by atoms with Gasteiger partial charge in [0.05, 0.1) is 6.10 Å². The van der Waals surface area contributed by atoms with Crippen LogP contribution < -0.4 is 5.32 Å². The second kappa shape index (κ2) is 6.62. The molecule has 68 valence electrons. The molecule has 1 N–H and O–H groups in total. The summed E-state index contributed by atoms with van der Waals surface area (Å²) in [6.07, 6.45) is 1.69. The molecule has 0 radical (unpaired) electrons. The highest BCUT2D eigenvalue weighted by molar-refractivity contribution is 4.74. The molecule has 1 rings (SSSR count). The molecule has 11 heavy (non-hydrogen) atoms. The van der Waals surface area contributed by atoms with Crippen molar-refractivity contribution in [2.45, 2.75) is 33.3 Å². The lowest BCUT2D eigenvalue weighted by Crippen LogP contribution is -2.40. The molecule has 1 heterocycles. The van der Waals surface area contributed by atoms with E-state index in [-0.39, 0.29) is 0 Å². The van der Waals surface area contributed by atoms with Gasteiger partial charge in [0, 0.05) is 13.7 Å². The van der Waals surface area contributed by atoms with Crippen LogP contribution >= 0.6 is 0 Å². The van der Waals surface area contributed by atoms with E-state index in [1.165, 1.54) is 6.42 Å². The zero-order valence-corrected chi connectivity index (χ0v) is 8.18. The second-order valence-electron chi connectivity index (χ2n) is 2.74. The number of hydrogen-bond donors (Lipinski definition) is 1. The zero-order valence-electron chi connectivity index (χ0n) is 8.18. The molecule has 2 heteroatoms. The molecule has 1 saturated heterocycles. The van der Waals surface area contributed by atoms with Gasteiger partial charge in [0.2, 0.25) is 0 Å². The lowest BCUT2D eigenvalue weighted by Gasteiger charge is -2.27. The van der Waals surface area contributed by atoms with Gasteiger partial charge < -0.3 is 10.1 Å². The van der Waals surface area contributed by atoms with E-state index in [2.05, 4.69) is 12.2 Å². The first-order valence-electron chi connectivity index (χ1n) is 4.58. The predicted molar refractivity (Wildman–Crippen MR) is 48.8 cm³/mol. The van der Waals surface area contributed by atoms with Crippen molar-refractivity contribution in [1.82, 2.24) is 5.32 Å². The maximum Gasteiger partial charge on any atom is 0.0721 e. The molecular formula is C9H21NO. The molecule has 0 saturated carbocycles. The topological polar surface area (TPSA) is 21.3 Å². The summed E-state index contributed by atoms with van der Waals surface area (Å²) in [4.78, 5) is 0. The van der Waals surface area contributed by atoms with Crippen LogP contribution in [-0.4, -0.2) is 26.3 Å². The molecule has 0 aromatic heterocycles. The third kappa shape index (κ3) is 3.73. The largest absolute Gasteiger partial charge is 0.380 e. The Kier molecular flexibility index (Phi) is 6.57. The quantitative estimate of drug-likeness (QED) is 0.628. The summed E-state index contributed by atoms with van der Waals surface area (Å²) in [7, 11) is 1.79. The summed E-state index contributed by atoms with van der Waals surface area (Å²) >= 11 is 0. The number of piperidine rings is 1. The molecule has 1 fully saturated rings. The minimum atomic E-state index is 0.443. The van der Waals surface area contributed by atoms with Crippen molar-refractivity contribution in [1.29, 1.82) is 0 Å². The van der Waals surface area contributed by atoms with Crippen LogP contribution in [0.3, 0.4) is 0 Å². The lowest BCUT2D eigenvalue weighted by molar-refractivity contribution is 0.0413. The van der Waals surface area contributed by atoms with Crippen LogP contribution in [0.1, 0.15) is 27.2 Å². The fraction of sp³-hybridized carbons (Fsp3) is 1.00. The van der Waals surface area contributed by atoms with E-state index < -0.39 is 0 Å². The van der Waals surface area contributed by atoms with E-state index in [0.717, 1.165) is 19.0 Å². The average Bonchev–Trinajstić information content (AvgIpc) is 2.09. The van der Waals surface area contributed by atoms with Crippen molar-refractivity contribution >= 4 is 0 Å². The Balaban J connectivity index is 0.000000461. The minimum Gasteiger partial charge on any atom is -0.380 e. The standard InChI is InChI=1S/C7H15NO.C2H6/c1-6-3-4-8-5-7(6)9-2;1-2/h6-8H,3-5H2,1-2H3;1-2H3. The molecule has 0 amide bonds. The summed E-state index contributed by atoms with van der Waals surface area (Å²) in [5.41, 5.74) is 0. The highest BCUT2D eigenvalue weighted by Crippen LogP contribution is 2.12. The monoisotopic (exact) mass is 159 g/mol. The molecule has 0 aliphatic carbocycles. The normalized spacial score (nSPS) is 30.5. The molecule has 2 unspecified atom stereocenters. The molecule has 2 nitrogen and oxygen atoms in total. The maximum absolute atomic E-state index is 5.24. The van der Waals surface area contributed by atoms with Crippen LogP contribution in [0.2, 0.25) is 0 Å². The third-order valence-electron chi connectivity index (χ3n) is 2.06. The number of rotatable bonds is 1. The van der Waals surface area contributed by atoms with Crippen molar-refractivity contribution < 1.29 is 4.74 Å². The Labute approximate surface area is 70.3 Å². The van der Waals surface area contributed by atoms with Crippen molar-refractivity contribution in [2.24, 2.45) is 5.92 Å². The number of methoxy groups -OCH3 is 1. The minimum absolute atomic E-state index is 0.443. The molecule has 0 bridgehead atoms. The van der Waals surface area contributed by atoms with Crippen LogP contribution in [-0.2, 0) is 4.74 Å². The smallest absolute Gasteiger partial charge is 0.0721 e. The fourth-order valence-corrected chi connectivity index (χ4v) is 1.28. The van der Waals surface area contributed by atoms with E-state index in [4.69, 9.17) is 4.74 Å². The summed E-state index contributed by atoms with van der Waals surface area (Å²) in [5, 5.41) is 3.29. The Morgan fingerprint density at radius 3 is 2.36 bits per heavy atom. The Hall–Kier alpha value is -0.0800.